The highest BCUT2D eigenvalue weighted by molar-refractivity contribution is 5.54. The molecule has 19 heavy (non-hydrogen) atoms. The van der Waals surface area contributed by atoms with Gasteiger partial charge < -0.3 is 14.6 Å². The van der Waals surface area contributed by atoms with Crippen molar-refractivity contribution in [2.45, 2.75) is 26.4 Å². The zero-order valence-corrected chi connectivity index (χ0v) is 11.1. The quantitative estimate of drug-likeness (QED) is 0.899. The average molecular weight is 265 g/mol. The largest absolute Gasteiger partial charge is 0.494 e. The Morgan fingerprint density at radius 1 is 1.42 bits per heavy atom. The Morgan fingerprint density at radius 3 is 2.84 bits per heavy atom. The summed E-state index contributed by atoms with van der Waals surface area (Å²) in [6.45, 7) is 4.57. The van der Waals surface area contributed by atoms with Crippen LogP contribution in [-0.2, 0) is 6.54 Å². The third-order valence-corrected chi connectivity index (χ3v) is 2.54. The molecular weight excluding hydrogens is 249 g/mol. The first-order valence-corrected chi connectivity index (χ1v) is 6.00. The van der Waals surface area contributed by atoms with E-state index in [2.05, 4.69) is 15.5 Å². The van der Waals surface area contributed by atoms with E-state index in [1.165, 1.54) is 19.2 Å². The van der Waals surface area contributed by atoms with Crippen LogP contribution in [0.4, 0.5) is 4.39 Å². The third kappa shape index (κ3) is 3.29. The van der Waals surface area contributed by atoms with Crippen molar-refractivity contribution in [3.8, 4) is 17.2 Å². The lowest BCUT2D eigenvalue weighted by Gasteiger charge is -2.03. The molecule has 1 aromatic heterocycles. The molecule has 0 unspecified atom stereocenters. The number of hydrogen-bond acceptors (Lipinski definition) is 5. The first kappa shape index (κ1) is 13.5. The second kappa shape index (κ2) is 5.79. The van der Waals surface area contributed by atoms with Gasteiger partial charge in [-0.25, -0.2) is 4.39 Å². The van der Waals surface area contributed by atoms with Crippen LogP contribution in [0.2, 0.25) is 0 Å². The second-order valence-electron chi connectivity index (χ2n) is 4.40. The Balaban J connectivity index is 2.16. The topological polar surface area (TPSA) is 60.2 Å². The van der Waals surface area contributed by atoms with E-state index in [0.717, 1.165) is 0 Å². The summed E-state index contributed by atoms with van der Waals surface area (Å²) in [7, 11) is 1.42. The average Bonchev–Trinajstić information content (AvgIpc) is 2.85. The molecular formula is C13H16FN3O2. The van der Waals surface area contributed by atoms with Crippen molar-refractivity contribution in [3.63, 3.8) is 0 Å². The molecule has 5 nitrogen and oxygen atoms in total. The molecule has 0 aliphatic rings. The van der Waals surface area contributed by atoms with Crippen molar-refractivity contribution in [3.05, 3.63) is 29.8 Å². The fraction of sp³-hybridized carbons (Fsp3) is 0.385. The zero-order chi connectivity index (χ0) is 13.8. The molecule has 1 heterocycles. The molecule has 0 spiro atoms. The van der Waals surface area contributed by atoms with Gasteiger partial charge in [-0.15, -0.1) is 0 Å². The van der Waals surface area contributed by atoms with Gasteiger partial charge >= 0.3 is 0 Å². The van der Waals surface area contributed by atoms with E-state index in [1.54, 1.807) is 6.07 Å². The number of halogens is 1. The van der Waals surface area contributed by atoms with E-state index < -0.39 is 5.82 Å². The molecule has 102 valence electrons. The molecule has 0 amide bonds. The van der Waals surface area contributed by atoms with Gasteiger partial charge in [0.05, 0.1) is 13.7 Å². The van der Waals surface area contributed by atoms with Crippen molar-refractivity contribution >= 4 is 0 Å². The lowest BCUT2D eigenvalue weighted by Crippen LogP contribution is -2.22. The van der Waals surface area contributed by atoms with Crippen LogP contribution in [0.1, 0.15) is 19.7 Å². The number of benzene rings is 1. The maximum Gasteiger partial charge on any atom is 0.258 e. The molecule has 1 aromatic carbocycles. The van der Waals surface area contributed by atoms with Gasteiger partial charge in [0.2, 0.25) is 0 Å². The minimum Gasteiger partial charge on any atom is -0.494 e. The molecule has 0 radical (unpaired) electrons. The van der Waals surface area contributed by atoms with E-state index in [4.69, 9.17) is 9.26 Å². The van der Waals surface area contributed by atoms with E-state index in [-0.39, 0.29) is 5.75 Å². The Morgan fingerprint density at radius 2 is 2.21 bits per heavy atom. The van der Waals surface area contributed by atoms with E-state index >= 15 is 0 Å². The molecule has 0 bridgehead atoms. The molecule has 0 fully saturated rings. The first-order chi connectivity index (χ1) is 9.10. The van der Waals surface area contributed by atoms with Gasteiger partial charge in [0, 0.05) is 11.6 Å². The SMILES string of the molecule is COc1ccc(-c2nc(CNC(C)C)no2)cc1F. The Kier molecular flexibility index (Phi) is 4.11. The van der Waals surface area contributed by atoms with Crippen molar-refractivity contribution in [1.29, 1.82) is 0 Å². The van der Waals surface area contributed by atoms with Gasteiger partial charge in [0.1, 0.15) is 0 Å². The van der Waals surface area contributed by atoms with Crippen molar-refractivity contribution in [1.82, 2.24) is 15.5 Å². The summed E-state index contributed by atoms with van der Waals surface area (Å²) < 4.78 is 23.5. The molecule has 0 atom stereocenters. The van der Waals surface area contributed by atoms with Crippen LogP contribution in [0.3, 0.4) is 0 Å². The molecule has 1 N–H and O–H groups in total. The standard InChI is InChI=1S/C13H16FN3O2/c1-8(2)15-7-12-16-13(19-17-12)9-4-5-11(18-3)10(14)6-9/h4-6,8,15H,7H2,1-3H3. The van der Waals surface area contributed by atoms with Crippen LogP contribution >= 0.6 is 0 Å². The summed E-state index contributed by atoms with van der Waals surface area (Å²) in [5.74, 6) is 0.562. The molecule has 0 saturated carbocycles. The van der Waals surface area contributed by atoms with Gasteiger partial charge in [0.15, 0.2) is 17.4 Å². The normalized spacial score (nSPS) is 11.0. The summed E-state index contributed by atoms with van der Waals surface area (Å²) >= 11 is 0. The number of hydrogen-bond donors (Lipinski definition) is 1. The number of methoxy groups -OCH3 is 1. The summed E-state index contributed by atoms with van der Waals surface area (Å²) in [5, 5.41) is 7.01. The first-order valence-electron chi connectivity index (χ1n) is 6.00. The number of nitrogens with zero attached hydrogens (tertiary/aromatic N) is 2. The van der Waals surface area contributed by atoms with E-state index in [0.29, 0.717) is 29.9 Å². The Hall–Kier alpha value is -1.95. The summed E-state index contributed by atoms with van der Waals surface area (Å²) in [6, 6.07) is 4.85. The van der Waals surface area contributed by atoms with Crippen LogP contribution in [-0.4, -0.2) is 23.3 Å². The van der Waals surface area contributed by atoms with Gasteiger partial charge in [-0.2, -0.15) is 4.98 Å². The smallest absolute Gasteiger partial charge is 0.258 e. The van der Waals surface area contributed by atoms with Crippen LogP contribution in [0.25, 0.3) is 11.5 Å². The minimum atomic E-state index is -0.458. The van der Waals surface area contributed by atoms with E-state index in [1.807, 2.05) is 13.8 Å². The predicted molar refractivity (Wildman–Crippen MR) is 68.2 cm³/mol. The van der Waals surface area contributed by atoms with Crippen LogP contribution in [0.15, 0.2) is 22.7 Å². The van der Waals surface area contributed by atoms with Crippen LogP contribution < -0.4 is 10.1 Å². The van der Waals surface area contributed by atoms with Crippen molar-refractivity contribution in [2.24, 2.45) is 0 Å². The van der Waals surface area contributed by atoms with Crippen molar-refractivity contribution in [2.75, 3.05) is 7.11 Å². The van der Waals surface area contributed by atoms with Crippen LogP contribution in [0.5, 0.6) is 5.75 Å². The molecule has 2 aromatic rings. The Bertz CT molecular complexity index is 555. The molecule has 6 heteroatoms. The fourth-order valence-corrected chi connectivity index (χ4v) is 1.54. The summed E-state index contributed by atoms with van der Waals surface area (Å²) in [5.41, 5.74) is 0.529. The fourth-order valence-electron chi connectivity index (χ4n) is 1.54. The number of aromatic nitrogens is 2. The highest BCUT2D eigenvalue weighted by Crippen LogP contribution is 2.24. The van der Waals surface area contributed by atoms with Crippen molar-refractivity contribution < 1.29 is 13.7 Å². The molecule has 2 rings (SSSR count). The second-order valence-corrected chi connectivity index (χ2v) is 4.40. The lowest BCUT2D eigenvalue weighted by molar-refractivity contribution is 0.386. The monoisotopic (exact) mass is 265 g/mol. The third-order valence-electron chi connectivity index (χ3n) is 2.54. The zero-order valence-electron chi connectivity index (χ0n) is 11.1. The highest BCUT2D eigenvalue weighted by Gasteiger charge is 2.11. The van der Waals surface area contributed by atoms with Crippen LogP contribution in [0, 0.1) is 5.82 Å². The number of ether oxygens (including phenoxy) is 1. The Labute approximate surface area is 110 Å². The lowest BCUT2D eigenvalue weighted by atomic mass is 10.2. The maximum absolute atomic E-state index is 13.6. The minimum absolute atomic E-state index is 0.185. The summed E-state index contributed by atoms with van der Waals surface area (Å²) in [4.78, 5) is 4.20. The summed E-state index contributed by atoms with van der Waals surface area (Å²) in [6.07, 6.45) is 0. The maximum atomic E-state index is 13.6. The predicted octanol–water partition coefficient (Wildman–Crippen LogP) is 2.38. The van der Waals surface area contributed by atoms with Gasteiger partial charge in [-0.3, -0.25) is 0 Å². The molecule has 0 aliphatic carbocycles. The van der Waals surface area contributed by atoms with E-state index in [9.17, 15) is 4.39 Å². The number of rotatable bonds is 5. The molecule has 0 saturated heterocycles. The molecule has 0 aliphatic heterocycles. The van der Waals surface area contributed by atoms with Gasteiger partial charge in [-0.1, -0.05) is 19.0 Å². The van der Waals surface area contributed by atoms with Gasteiger partial charge in [0.25, 0.3) is 5.89 Å². The highest BCUT2D eigenvalue weighted by atomic mass is 19.1. The van der Waals surface area contributed by atoms with Gasteiger partial charge in [-0.05, 0) is 18.2 Å². The number of nitrogens with one attached hydrogen (secondary N) is 1.